The summed E-state index contributed by atoms with van der Waals surface area (Å²) in [5.41, 5.74) is 4.30. The number of aromatic nitrogens is 2. The summed E-state index contributed by atoms with van der Waals surface area (Å²) in [6.07, 6.45) is 0. The maximum absolute atomic E-state index is 12.7. The summed E-state index contributed by atoms with van der Waals surface area (Å²) in [6, 6.07) is 13.7. The molecular weight excluding hydrogens is 378 g/mol. The molecule has 2 N–H and O–H groups in total. The lowest BCUT2D eigenvalue weighted by Crippen LogP contribution is -2.21. The van der Waals surface area contributed by atoms with E-state index in [2.05, 4.69) is 45.1 Å². The van der Waals surface area contributed by atoms with E-state index in [4.69, 9.17) is 4.42 Å². The first-order valence-electron chi connectivity index (χ1n) is 10.3. The molecule has 1 aliphatic rings. The van der Waals surface area contributed by atoms with Crippen molar-refractivity contribution in [2.24, 2.45) is 4.99 Å². The van der Waals surface area contributed by atoms with Gasteiger partial charge in [-0.3, -0.25) is 4.99 Å². The minimum absolute atomic E-state index is 0.402. The van der Waals surface area contributed by atoms with Gasteiger partial charge in [-0.05, 0) is 50.2 Å². The predicted octanol–water partition coefficient (Wildman–Crippen LogP) is 3.53. The molecule has 2 aromatic carbocycles. The Morgan fingerprint density at radius 1 is 1.10 bits per heavy atom. The van der Waals surface area contributed by atoms with Crippen molar-refractivity contribution >= 4 is 33.5 Å². The van der Waals surface area contributed by atoms with Crippen molar-refractivity contribution in [3.05, 3.63) is 58.4 Å². The maximum atomic E-state index is 12.7. The van der Waals surface area contributed by atoms with Gasteiger partial charge in [0.25, 0.3) is 0 Å². The van der Waals surface area contributed by atoms with Gasteiger partial charge in [-0.1, -0.05) is 0 Å². The van der Waals surface area contributed by atoms with Gasteiger partial charge in [-0.2, -0.15) is 0 Å². The Hall–Kier alpha value is -3.61. The summed E-state index contributed by atoms with van der Waals surface area (Å²) in [4.78, 5) is 27.3. The molecule has 7 heteroatoms. The number of amidine groups is 1. The van der Waals surface area contributed by atoms with Crippen LogP contribution in [0.1, 0.15) is 19.4 Å². The molecule has 0 radical (unpaired) electrons. The average Bonchev–Trinajstić information content (AvgIpc) is 3.43. The molecule has 4 aromatic rings. The van der Waals surface area contributed by atoms with Crippen molar-refractivity contribution < 1.29 is 4.42 Å². The summed E-state index contributed by atoms with van der Waals surface area (Å²) in [5.74, 6) is 1.40. The van der Waals surface area contributed by atoms with Crippen molar-refractivity contribution in [2.45, 2.75) is 13.8 Å². The Balaban J connectivity index is 1.56. The molecule has 0 bridgehead atoms. The van der Waals surface area contributed by atoms with Gasteiger partial charge in [0.05, 0.1) is 17.6 Å². The number of nitrogens with zero attached hydrogens (tertiary/aromatic N) is 3. The molecule has 0 fully saturated rings. The normalized spacial score (nSPS) is 13.6. The fourth-order valence-electron chi connectivity index (χ4n) is 3.93. The summed E-state index contributed by atoms with van der Waals surface area (Å²) < 4.78 is 5.66. The van der Waals surface area contributed by atoms with E-state index in [9.17, 15) is 4.79 Å². The third-order valence-corrected chi connectivity index (χ3v) is 5.53. The molecule has 152 valence electrons. The Labute approximate surface area is 173 Å². The minimum atomic E-state index is -0.402. The van der Waals surface area contributed by atoms with E-state index in [0.717, 1.165) is 59.7 Å². The van der Waals surface area contributed by atoms with E-state index in [1.165, 1.54) is 0 Å². The summed E-state index contributed by atoms with van der Waals surface area (Å²) in [5, 5.41) is 4.14. The highest BCUT2D eigenvalue weighted by atomic mass is 16.4. The number of H-pyrrole nitrogens is 1. The number of imidazole rings is 1. The quantitative estimate of drug-likeness (QED) is 0.500. The molecule has 1 aliphatic heterocycles. The molecule has 5 rings (SSSR count). The first-order valence-corrected chi connectivity index (χ1v) is 10.3. The van der Waals surface area contributed by atoms with Gasteiger partial charge in [0.15, 0.2) is 0 Å². The number of aliphatic imine (C=N–C) groups is 1. The van der Waals surface area contributed by atoms with E-state index < -0.39 is 5.63 Å². The van der Waals surface area contributed by atoms with Crippen LogP contribution < -0.4 is 15.8 Å². The van der Waals surface area contributed by atoms with Crippen LogP contribution in [0.4, 0.5) is 5.69 Å². The maximum Gasteiger partial charge on any atom is 0.347 e. The minimum Gasteiger partial charge on any atom is -0.422 e. The molecule has 2 aromatic heterocycles. The molecule has 0 aliphatic carbocycles. The Bertz CT molecular complexity index is 1330. The van der Waals surface area contributed by atoms with Gasteiger partial charge >= 0.3 is 5.63 Å². The van der Waals surface area contributed by atoms with Crippen LogP contribution in [0.5, 0.6) is 0 Å². The van der Waals surface area contributed by atoms with Crippen LogP contribution in [0.25, 0.3) is 33.4 Å². The van der Waals surface area contributed by atoms with Crippen LogP contribution in [0.2, 0.25) is 0 Å². The Morgan fingerprint density at radius 2 is 1.97 bits per heavy atom. The molecule has 0 saturated carbocycles. The molecule has 30 heavy (non-hydrogen) atoms. The highest BCUT2D eigenvalue weighted by molar-refractivity contribution is 6.02. The van der Waals surface area contributed by atoms with Crippen LogP contribution in [0.3, 0.4) is 0 Å². The van der Waals surface area contributed by atoms with E-state index in [-0.39, 0.29) is 0 Å². The van der Waals surface area contributed by atoms with Crippen molar-refractivity contribution in [2.75, 3.05) is 31.1 Å². The second-order valence-electron chi connectivity index (χ2n) is 7.32. The molecule has 7 nitrogen and oxygen atoms in total. The monoisotopic (exact) mass is 401 g/mol. The average molecular weight is 401 g/mol. The lowest BCUT2D eigenvalue weighted by atomic mass is 10.1. The summed E-state index contributed by atoms with van der Waals surface area (Å²) in [6.45, 7) is 7.65. The van der Waals surface area contributed by atoms with Gasteiger partial charge in [0.1, 0.15) is 22.8 Å². The molecular formula is C23H23N5O2. The van der Waals surface area contributed by atoms with E-state index >= 15 is 0 Å². The second-order valence-corrected chi connectivity index (χ2v) is 7.32. The van der Waals surface area contributed by atoms with Gasteiger partial charge < -0.3 is 19.6 Å². The zero-order chi connectivity index (χ0) is 20.7. The van der Waals surface area contributed by atoms with Crippen LogP contribution in [0.15, 0.2) is 56.7 Å². The number of nitrogens with one attached hydrogen (secondary N) is 2. The highest BCUT2D eigenvalue weighted by Crippen LogP contribution is 2.25. The Morgan fingerprint density at radius 3 is 2.73 bits per heavy atom. The Kier molecular flexibility index (Phi) is 4.50. The van der Waals surface area contributed by atoms with E-state index in [1.54, 1.807) is 0 Å². The topological polar surface area (TPSA) is 86.5 Å². The lowest BCUT2D eigenvalue weighted by Gasteiger charge is -2.20. The van der Waals surface area contributed by atoms with Gasteiger partial charge in [-0.25, -0.2) is 9.78 Å². The van der Waals surface area contributed by atoms with Gasteiger partial charge in [-0.15, -0.1) is 0 Å². The largest absolute Gasteiger partial charge is 0.422 e. The SMILES string of the molecule is CCN(CC)c1ccc2cc(-c3nc4ccc(C5=NCCN5)cc4[nH]3)c(=O)oc2c1. The third-order valence-electron chi connectivity index (χ3n) is 5.53. The standard InChI is InChI=1S/C23H23N5O2/c1-3-28(4-2)16-7-5-14-11-17(23(29)30-20(14)13-16)22-26-18-8-6-15(12-19(18)27-22)21-24-9-10-25-21/h5-8,11-13H,3-4,9-10H2,1-2H3,(H,24,25)(H,26,27). The second kappa shape index (κ2) is 7.33. The molecule has 0 unspecified atom stereocenters. The first kappa shape index (κ1) is 18.4. The van der Waals surface area contributed by atoms with Crippen molar-refractivity contribution in [1.82, 2.24) is 15.3 Å². The van der Waals surface area contributed by atoms with Crippen LogP contribution in [0, 0.1) is 0 Å². The highest BCUT2D eigenvalue weighted by Gasteiger charge is 2.15. The summed E-state index contributed by atoms with van der Waals surface area (Å²) in [7, 11) is 0. The van der Waals surface area contributed by atoms with E-state index in [0.29, 0.717) is 17.0 Å². The molecule has 0 spiro atoms. The van der Waals surface area contributed by atoms with E-state index in [1.807, 2.05) is 36.4 Å². The number of anilines is 1. The molecule has 0 saturated heterocycles. The van der Waals surface area contributed by atoms with Crippen molar-refractivity contribution in [3.63, 3.8) is 0 Å². The fourth-order valence-corrected chi connectivity index (χ4v) is 3.93. The number of fused-ring (bicyclic) bond motifs is 2. The van der Waals surface area contributed by atoms with Crippen LogP contribution >= 0.6 is 0 Å². The van der Waals surface area contributed by atoms with Crippen LogP contribution in [-0.2, 0) is 0 Å². The van der Waals surface area contributed by atoms with Crippen LogP contribution in [-0.4, -0.2) is 42.0 Å². The number of benzene rings is 2. The van der Waals surface area contributed by atoms with Crippen molar-refractivity contribution in [1.29, 1.82) is 0 Å². The third kappa shape index (κ3) is 3.12. The first-order chi connectivity index (χ1) is 14.7. The van der Waals surface area contributed by atoms with Crippen molar-refractivity contribution in [3.8, 4) is 11.4 Å². The summed E-state index contributed by atoms with van der Waals surface area (Å²) >= 11 is 0. The van der Waals surface area contributed by atoms with Gasteiger partial charge in [0.2, 0.25) is 0 Å². The lowest BCUT2D eigenvalue weighted by molar-refractivity contribution is 0.563. The smallest absolute Gasteiger partial charge is 0.347 e. The number of hydrogen-bond donors (Lipinski definition) is 2. The number of rotatable bonds is 5. The number of hydrogen-bond acceptors (Lipinski definition) is 6. The van der Waals surface area contributed by atoms with Gasteiger partial charge in [0, 0.05) is 42.3 Å². The molecule has 3 heterocycles. The predicted molar refractivity (Wildman–Crippen MR) is 121 cm³/mol. The zero-order valence-corrected chi connectivity index (χ0v) is 17.0. The molecule has 0 amide bonds. The molecule has 0 atom stereocenters. The fraction of sp³-hybridized carbons (Fsp3) is 0.261. The zero-order valence-electron chi connectivity index (χ0n) is 17.0. The number of aromatic amines is 1.